The van der Waals surface area contributed by atoms with Crippen LogP contribution in [0.2, 0.25) is 0 Å². The van der Waals surface area contributed by atoms with Crippen LogP contribution in [0.1, 0.15) is 17.4 Å². The van der Waals surface area contributed by atoms with E-state index in [0.717, 1.165) is 11.3 Å². The fraction of sp³-hybridized carbons (Fsp3) is 0.429. The molecule has 0 amide bonds. The van der Waals surface area contributed by atoms with E-state index in [1.54, 1.807) is 19.3 Å². The van der Waals surface area contributed by atoms with Gasteiger partial charge in [-0.25, -0.2) is 0 Å². The van der Waals surface area contributed by atoms with E-state index in [0.29, 0.717) is 0 Å². The molecule has 0 fully saturated rings. The molecule has 0 aromatic carbocycles. The van der Waals surface area contributed by atoms with Gasteiger partial charge in [0.2, 0.25) is 0 Å². The van der Waals surface area contributed by atoms with E-state index in [-0.39, 0.29) is 6.54 Å². The average Bonchev–Trinajstić information content (AvgIpc) is 2.34. The van der Waals surface area contributed by atoms with Crippen molar-refractivity contribution in [3.8, 4) is 0 Å². The van der Waals surface area contributed by atoms with Crippen LogP contribution in [0.4, 0.5) is 0 Å². The molecule has 10 heavy (non-hydrogen) atoms. The molecule has 1 heterocycles. The number of rotatable bonds is 2. The topological polar surface area (TPSA) is 59.4 Å². The fourth-order valence-corrected chi connectivity index (χ4v) is 0.867. The molecule has 1 atom stereocenters. The third-order valence-electron chi connectivity index (χ3n) is 1.48. The molecular weight excluding hydrogens is 130 g/mol. The standard InChI is InChI=1S/C7H11NO2/c1-5-6(2-3-10-5)7(9)4-8/h2-3,7,9H,4,8H2,1H3. The molecule has 3 heteroatoms. The van der Waals surface area contributed by atoms with Gasteiger partial charge in [-0.2, -0.15) is 0 Å². The van der Waals surface area contributed by atoms with Gasteiger partial charge in [0.25, 0.3) is 0 Å². The highest BCUT2D eigenvalue weighted by molar-refractivity contribution is 5.18. The number of aliphatic hydroxyl groups is 1. The van der Waals surface area contributed by atoms with E-state index in [4.69, 9.17) is 10.2 Å². The Bertz CT molecular complexity index is 207. The third kappa shape index (κ3) is 1.20. The van der Waals surface area contributed by atoms with Crippen LogP contribution < -0.4 is 5.73 Å². The summed E-state index contributed by atoms with van der Waals surface area (Å²) in [7, 11) is 0. The first-order chi connectivity index (χ1) is 4.75. The summed E-state index contributed by atoms with van der Waals surface area (Å²) in [6.45, 7) is 2.04. The van der Waals surface area contributed by atoms with Crippen LogP contribution in [0, 0.1) is 6.92 Å². The maximum absolute atomic E-state index is 9.21. The minimum absolute atomic E-state index is 0.236. The van der Waals surface area contributed by atoms with Gasteiger partial charge in [-0.1, -0.05) is 0 Å². The Morgan fingerprint density at radius 1 is 1.80 bits per heavy atom. The molecule has 56 valence electrons. The first-order valence-electron chi connectivity index (χ1n) is 3.18. The molecule has 0 aliphatic heterocycles. The van der Waals surface area contributed by atoms with Crippen LogP contribution in [0.15, 0.2) is 16.7 Å². The lowest BCUT2D eigenvalue weighted by molar-refractivity contribution is 0.184. The number of hydrogen-bond donors (Lipinski definition) is 2. The molecule has 0 radical (unpaired) electrons. The highest BCUT2D eigenvalue weighted by atomic mass is 16.3. The Labute approximate surface area is 59.5 Å². The van der Waals surface area contributed by atoms with Crippen molar-refractivity contribution in [3.05, 3.63) is 23.7 Å². The van der Waals surface area contributed by atoms with Crippen LogP contribution in [0.25, 0.3) is 0 Å². The monoisotopic (exact) mass is 141 g/mol. The third-order valence-corrected chi connectivity index (χ3v) is 1.48. The minimum Gasteiger partial charge on any atom is -0.469 e. The molecule has 0 bridgehead atoms. The fourth-order valence-electron chi connectivity index (χ4n) is 0.867. The van der Waals surface area contributed by atoms with Gasteiger partial charge in [0.15, 0.2) is 0 Å². The minimum atomic E-state index is -0.584. The summed E-state index contributed by atoms with van der Waals surface area (Å²) in [4.78, 5) is 0. The summed E-state index contributed by atoms with van der Waals surface area (Å²) < 4.78 is 4.97. The second-order valence-corrected chi connectivity index (χ2v) is 2.18. The number of aryl methyl sites for hydroxylation is 1. The SMILES string of the molecule is Cc1occc1C(O)CN. The number of aliphatic hydroxyl groups excluding tert-OH is 1. The Kier molecular flexibility index (Phi) is 2.09. The molecule has 3 N–H and O–H groups in total. The highest BCUT2D eigenvalue weighted by Gasteiger charge is 2.09. The molecule has 0 saturated carbocycles. The van der Waals surface area contributed by atoms with Crippen molar-refractivity contribution in [2.75, 3.05) is 6.54 Å². The van der Waals surface area contributed by atoms with Gasteiger partial charge in [0.1, 0.15) is 5.76 Å². The van der Waals surface area contributed by atoms with Crippen LogP contribution in [0.3, 0.4) is 0 Å². The Morgan fingerprint density at radius 2 is 2.50 bits per heavy atom. The van der Waals surface area contributed by atoms with Gasteiger partial charge in [-0.3, -0.25) is 0 Å². The highest BCUT2D eigenvalue weighted by Crippen LogP contribution is 2.16. The predicted molar refractivity (Wildman–Crippen MR) is 37.5 cm³/mol. The van der Waals surface area contributed by atoms with Crippen molar-refractivity contribution in [3.63, 3.8) is 0 Å². The first kappa shape index (κ1) is 7.31. The molecule has 0 spiro atoms. The van der Waals surface area contributed by atoms with Crippen molar-refractivity contribution in [1.82, 2.24) is 0 Å². The van der Waals surface area contributed by atoms with Crippen molar-refractivity contribution >= 4 is 0 Å². The van der Waals surface area contributed by atoms with Gasteiger partial charge in [-0.15, -0.1) is 0 Å². The van der Waals surface area contributed by atoms with Gasteiger partial charge in [0, 0.05) is 12.1 Å². The molecule has 3 nitrogen and oxygen atoms in total. The predicted octanol–water partition coefficient (Wildman–Crippen LogP) is 0.580. The Hall–Kier alpha value is -0.800. The van der Waals surface area contributed by atoms with E-state index in [2.05, 4.69) is 0 Å². The maximum Gasteiger partial charge on any atom is 0.106 e. The summed E-state index contributed by atoms with van der Waals surface area (Å²) in [6.07, 6.45) is 0.961. The van der Waals surface area contributed by atoms with E-state index in [9.17, 15) is 5.11 Å². The summed E-state index contributed by atoms with van der Waals surface area (Å²) in [5.74, 6) is 0.734. The van der Waals surface area contributed by atoms with E-state index < -0.39 is 6.10 Å². The summed E-state index contributed by atoms with van der Waals surface area (Å²) >= 11 is 0. The molecule has 1 unspecified atom stereocenters. The van der Waals surface area contributed by atoms with E-state index in [1.807, 2.05) is 0 Å². The van der Waals surface area contributed by atoms with Gasteiger partial charge in [-0.05, 0) is 13.0 Å². The zero-order valence-electron chi connectivity index (χ0n) is 5.87. The zero-order valence-corrected chi connectivity index (χ0v) is 5.87. The van der Waals surface area contributed by atoms with Gasteiger partial charge in [0.05, 0.1) is 12.4 Å². The van der Waals surface area contributed by atoms with E-state index >= 15 is 0 Å². The van der Waals surface area contributed by atoms with Crippen LogP contribution in [-0.2, 0) is 0 Å². The molecule has 0 saturated heterocycles. The van der Waals surface area contributed by atoms with Crippen molar-refractivity contribution in [2.24, 2.45) is 5.73 Å². The summed E-state index contributed by atoms with van der Waals surface area (Å²) in [6, 6.07) is 1.73. The van der Waals surface area contributed by atoms with Crippen LogP contribution in [-0.4, -0.2) is 11.7 Å². The first-order valence-corrected chi connectivity index (χ1v) is 3.18. The molecule has 1 aromatic heterocycles. The molecule has 1 rings (SSSR count). The lowest BCUT2D eigenvalue weighted by Crippen LogP contribution is -2.11. The number of hydrogen-bond acceptors (Lipinski definition) is 3. The van der Waals surface area contributed by atoms with Crippen LogP contribution in [0.5, 0.6) is 0 Å². The smallest absolute Gasteiger partial charge is 0.106 e. The lowest BCUT2D eigenvalue weighted by Gasteiger charge is -2.03. The van der Waals surface area contributed by atoms with Crippen molar-refractivity contribution in [1.29, 1.82) is 0 Å². The Balaban J connectivity index is 2.82. The van der Waals surface area contributed by atoms with Crippen molar-refractivity contribution < 1.29 is 9.52 Å². The summed E-state index contributed by atoms with van der Waals surface area (Å²) in [5.41, 5.74) is 6.02. The molecule has 0 aliphatic carbocycles. The Morgan fingerprint density at radius 3 is 2.90 bits per heavy atom. The average molecular weight is 141 g/mol. The quantitative estimate of drug-likeness (QED) is 0.633. The largest absolute Gasteiger partial charge is 0.469 e. The van der Waals surface area contributed by atoms with E-state index in [1.165, 1.54) is 0 Å². The van der Waals surface area contributed by atoms with Crippen molar-refractivity contribution in [2.45, 2.75) is 13.0 Å². The molecular formula is C7H11NO2. The maximum atomic E-state index is 9.21. The normalized spacial score (nSPS) is 13.5. The van der Waals surface area contributed by atoms with Crippen LogP contribution >= 0.6 is 0 Å². The lowest BCUT2D eigenvalue weighted by atomic mass is 10.1. The molecule has 1 aromatic rings. The molecule has 0 aliphatic rings. The number of furan rings is 1. The van der Waals surface area contributed by atoms with Gasteiger partial charge < -0.3 is 15.3 Å². The zero-order chi connectivity index (χ0) is 7.56. The second-order valence-electron chi connectivity index (χ2n) is 2.18. The number of nitrogens with two attached hydrogens (primary N) is 1. The summed E-state index contributed by atoms with van der Waals surface area (Å²) in [5, 5.41) is 9.21. The van der Waals surface area contributed by atoms with Gasteiger partial charge >= 0.3 is 0 Å². The second kappa shape index (κ2) is 2.86.